The molecule has 0 aliphatic heterocycles. The van der Waals surface area contributed by atoms with Crippen LogP contribution < -0.4 is 10.7 Å². The summed E-state index contributed by atoms with van der Waals surface area (Å²) in [5.41, 5.74) is 4.18. The van der Waals surface area contributed by atoms with Gasteiger partial charge in [0.15, 0.2) is 0 Å². The molecule has 0 bridgehead atoms. The molecule has 2 aromatic carbocycles. The molecule has 0 radical (unpaired) electrons. The smallest absolute Gasteiger partial charge is 0.257 e. The number of halogens is 2. The van der Waals surface area contributed by atoms with Crippen molar-refractivity contribution in [1.82, 2.24) is 5.43 Å². The first-order valence-corrected chi connectivity index (χ1v) is 8.48. The molecule has 3 rings (SSSR count). The van der Waals surface area contributed by atoms with Gasteiger partial charge in [0.05, 0.1) is 16.8 Å². The highest BCUT2D eigenvalue weighted by Gasteiger charge is 2.29. The maximum atomic E-state index is 12.3. The summed E-state index contributed by atoms with van der Waals surface area (Å²) in [5, 5.41) is 7.45. The van der Waals surface area contributed by atoms with Crippen molar-refractivity contribution in [2.45, 2.75) is 12.8 Å². The Hall–Kier alpha value is -2.37. The van der Waals surface area contributed by atoms with Crippen molar-refractivity contribution < 1.29 is 9.59 Å². The van der Waals surface area contributed by atoms with Gasteiger partial charge in [-0.05, 0) is 48.7 Å². The molecule has 2 amide bonds. The molecule has 25 heavy (non-hydrogen) atoms. The van der Waals surface area contributed by atoms with Crippen LogP contribution in [-0.2, 0) is 4.79 Å². The van der Waals surface area contributed by atoms with Gasteiger partial charge < -0.3 is 5.32 Å². The van der Waals surface area contributed by atoms with E-state index in [1.807, 2.05) is 6.07 Å². The Morgan fingerprint density at radius 1 is 1.12 bits per heavy atom. The van der Waals surface area contributed by atoms with Crippen molar-refractivity contribution in [2.75, 3.05) is 5.32 Å². The summed E-state index contributed by atoms with van der Waals surface area (Å²) in [6, 6.07) is 11.8. The Morgan fingerprint density at radius 3 is 2.64 bits per heavy atom. The van der Waals surface area contributed by atoms with Gasteiger partial charge in [-0.25, -0.2) is 5.43 Å². The van der Waals surface area contributed by atoms with Gasteiger partial charge in [0.2, 0.25) is 5.91 Å². The molecular formula is C18H15Cl2N3O2. The van der Waals surface area contributed by atoms with Crippen molar-refractivity contribution in [3.05, 3.63) is 63.6 Å². The van der Waals surface area contributed by atoms with E-state index in [-0.39, 0.29) is 22.8 Å². The molecule has 0 atom stereocenters. The molecule has 2 N–H and O–H groups in total. The van der Waals surface area contributed by atoms with E-state index in [9.17, 15) is 9.59 Å². The Balaban J connectivity index is 1.65. The van der Waals surface area contributed by atoms with Crippen LogP contribution in [0.3, 0.4) is 0 Å². The molecule has 5 nitrogen and oxygen atoms in total. The summed E-state index contributed by atoms with van der Waals surface area (Å²) >= 11 is 11.9. The number of amides is 2. The lowest BCUT2D eigenvalue weighted by molar-refractivity contribution is -0.122. The third-order valence-electron chi connectivity index (χ3n) is 3.66. The largest absolute Gasteiger partial charge is 0.322 e. The van der Waals surface area contributed by atoms with E-state index in [1.165, 1.54) is 12.3 Å². The molecule has 7 heteroatoms. The van der Waals surface area contributed by atoms with E-state index in [0.717, 1.165) is 18.4 Å². The highest BCUT2D eigenvalue weighted by atomic mass is 35.5. The minimum absolute atomic E-state index is 0.0573. The predicted octanol–water partition coefficient (Wildman–Crippen LogP) is 4.11. The van der Waals surface area contributed by atoms with Gasteiger partial charge in [-0.3, -0.25) is 9.59 Å². The zero-order chi connectivity index (χ0) is 17.8. The highest BCUT2D eigenvalue weighted by Crippen LogP contribution is 2.28. The number of benzene rings is 2. The first kappa shape index (κ1) is 17.5. The summed E-state index contributed by atoms with van der Waals surface area (Å²) in [6.07, 6.45) is 3.39. The van der Waals surface area contributed by atoms with E-state index in [4.69, 9.17) is 23.2 Å². The third-order valence-corrected chi connectivity index (χ3v) is 4.20. The number of hydrogen-bond donors (Lipinski definition) is 2. The van der Waals surface area contributed by atoms with Crippen LogP contribution in [-0.4, -0.2) is 18.0 Å². The predicted molar refractivity (Wildman–Crippen MR) is 99.3 cm³/mol. The third kappa shape index (κ3) is 4.81. The molecular weight excluding hydrogens is 361 g/mol. The van der Waals surface area contributed by atoms with Gasteiger partial charge in [-0.2, -0.15) is 5.10 Å². The lowest BCUT2D eigenvalue weighted by atomic mass is 10.2. The fourth-order valence-electron chi connectivity index (χ4n) is 2.18. The van der Waals surface area contributed by atoms with Crippen LogP contribution in [0.5, 0.6) is 0 Å². The van der Waals surface area contributed by atoms with Crippen LogP contribution in [0.25, 0.3) is 0 Å². The van der Waals surface area contributed by atoms with Crippen molar-refractivity contribution in [3.8, 4) is 0 Å². The fourth-order valence-corrected chi connectivity index (χ4v) is 2.67. The monoisotopic (exact) mass is 375 g/mol. The van der Waals surface area contributed by atoms with Crippen LogP contribution in [0.4, 0.5) is 5.69 Å². The maximum absolute atomic E-state index is 12.3. The number of rotatable bonds is 5. The second kappa shape index (κ2) is 7.68. The summed E-state index contributed by atoms with van der Waals surface area (Å²) in [7, 11) is 0. The van der Waals surface area contributed by atoms with Crippen molar-refractivity contribution in [3.63, 3.8) is 0 Å². The maximum Gasteiger partial charge on any atom is 0.257 e. The Morgan fingerprint density at radius 2 is 1.92 bits per heavy atom. The summed E-state index contributed by atoms with van der Waals surface area (Å²) in [4.78, 5) is 23.8. The normalized spacial score (nSPS) is 13.7. The number of hydrogen-bond acceptors (Lipinski definition) is 3. The summed E-state index contributed by atoms with van der Waals surface area (Å²) in [6.45, 7) is 0. The lowest BCUT2D eigenvalue weighted by Crippen LogP contribution is -2.19. The lowest BCUT2D eigenvalue weighted by Gasteiger charge is -2.07. The van der Waals surface area contributed by atoms with Gasteiger partial charge in [-0.1, -0.05) is 35.3 Å². The van der Waals surface area contributed by atoms with Gasteiger partial charge in [-0.15, -0.1) is 0 Å². The minimum atomic E-state index is -0.335. The van der Waals surface area contributed by atoms with Crippen molar-refractivity contribution in [1.29, 1.82) is 0 Å². The van der Waals surface area contributed by atoms with Crippen LogP contribution in [0, 0.1) is 5.92 Å². The summed E-state index contributed by atoms with van der Waals surface area (Å²) in [5.74, 6) is -0.289. The second-order valence-electron chi connectivity index (χ2n) is 5.71. The first-order chi connectivity index (χ1) is 12.0. The average Bonchev–Trinajstić information content (AvgIpc) is 3.40. The van der Waals surface area contributed by atoms with Gasteiger partial charge >= 0.3 is 0 Å². The molecule has 0 heterocycles. The van der Waals surface area contributed by atoms with Crippen molar-refractivity contribution >= 4 is 46.9 Å². The van der Waals surface area contributed by atoms with Crippen LogP contribution in [0.1, 0.15) is 28.8 Å². The number of hydrazone groups is 1. The standard InChI is InChI=1S/C18H15Cl2N3O2/c19-13-6-7-15(16(20)9-13)18(25)22-14-3-1-2-11(8-14)10-21-23-17(24)12-4-5-12/h1-3,6-10,12H,4-5H2,(H,22,25)(H,23,24)/b21-10-. The number of anilines is 1. The Bertz CT molecular complexity index is 848. The summed E-state index contributed by atoms with van der Waals surface area (Å²) < 4.78 is 0. The first-order valence-electron chi connectivity index (χ1n) is 7.72. The van der Waals surface area contributed by atoms with Gasteiger partial charge in [0, 0.05) is 16.6 Å². The Labute approximate surface area is 155 Å². The Kier molecular flexibility index (Phi) is 5.36. The number of carbonyl (C=O) groups is 2. The molecule has 0 spiro atoms. The SMILES string of the molecule is O=C(Nc1cccc(/C=N\NC(=O)C2CC2)c1)c1ccc(Cl)cc1Cl. The zero-order valence-electron chi connectivity index (χ0n) is 13.1. The fraction of sp³-hybridized carbons (Fsp3) is 0.167. The molecule has 0 aromatic heterocycles. The highest BCUT2D eigenvalue weighted by molar-refractivity contribution is 6.37. The average molecular weight is 376 g/mol. The topological polar surface area (TPSA) is 70.6 Å². The quantitative estimate of drug-likeness (QED) is 0.609. The molecule has 0 unspecified atom stereocenters. The molecule has 1 aliphatic carbocycles. The molecule has 128 valence electrons. The van der Waals surface area contributed by atoms with E-state index in [0.29, 0.717) is 16.3 Å². The van der Waals surface area contributed by atoms with E-state index in [2.05, 4.69) is 15.8 Å². The zero-order valence-corrected chi connectivity index (χ0v) is 14.6. The van der Waals surface area contributed by atoms with E-state index < -0.39 is 0 Å². The van der Waals surface area contributed by atoms with Crippen molar-refractivity contribution in [2.24, 2.45) is 11.0 Å². The van der Waals surface area contributed by atoms with Crippen LogP contribution >= 0.6 is 23.2 Å². The molecule has 0 saturated heterocycles. The number of carbonyl (C=O) groups excluding carboxylic acids is 2. The second-order valence-corrected chi connectivity index (χ2v) is 6.56. The molecule has 1 saturated carbocycles. The van der Waals surface area contributed by atoms with E-state index in [1.54, 1.807) is 30.3 Å². The molecule has 1 fully saturated rings. The van der Waals surface area contributed by atoms with Gasteiger partial charge in [0.1, 0.15) is 0 Å². The molecule has 2 aromatic rings. The van der Waals surface area contributed by atoms with Crippen LogP contribution in [0.2, 0.25) is 10.0 Å². The number of nitrogens with zero attached hydrogens (tertiary/aromatic N) is 1. The minimum Gasteiger partial charge on any atom is -0.322 e. The van der Waals surface area contributed by atoms with Crippen LogP contribution in [0.15, 0.2) is 47.6 Å². The molecule has 1 aliphatic rings. The van der Waals surface area contributed by atoms with Gasteiger partial charge in [0.25, 0.3) is 5.91 Å². The number of nitrogens with one attached hydrogen (secondary N) is 2. The van der Waals surface area contributed by atoms with E-state index >= 15 is 0 Å².